The van der Waals surface area contributed by atoms with Crippen LogP contribution >= 0.6 is 0 Å². The Morgan fingerprint density at radius 3 is 2.52 bits per heavy atom. The molecule has 4 aliphatic carbocycles. The largest absolute Gasteiger partial charge is 0.508 e. The molecule has 11 heteroatoms. The molecule has 5 N–H and O–H groups in total. The number of rotatable bonds is 9. The van der Waals surface area contributed by atoms with Crippen LogP contribution in [0.2, 0.25) is 0 Å². The minimum Gasteiger partial charge on any atom is -0.508 e. The van der Waals surface area contributed by atoms with Crippen LogP contribution in [0.4, 0.5) is 0 Å². The molecule has 1 amide bonds. The molecule has 3 saturated carbocycles. The number of Topliss-reactive ketones (excluding diaryl/α,β-unsaturated/α-hetero) is 1. The highest BCUT2D eigenvalue weighted by molar-refractivity contribution is 5.96. The lowest BCUT2D eigenvalue weighted by Crippen LogP contribution is -2.62. The van der Waals surface area contributed by atoms with Crippen molar-refractivity contribution in [2.45, 2.75) is 83.0 Å². The van der Waals surface area contributed by atoms with Gasteiger partial charge in [-0.15, -0.1) is 0 Å². The van der Waals surface area contributed by atoms with Gasteiger partial charge in [0.25, 0.3) is 5.91 Å². The molecular weight excluding hydrogens is 568 g/mol. The van der Waals surface area contributed by atoms with Crippen LogP contribution in [0.5, 0.6) is 5.75 Å². The fourth-order valence-corrected chi connectivity index (χ4v) is 8.98. The molecule has 1 aromatic carbocycles. The zero-order chi connectivity index (χ0) is 31.9. The van der Waals surface area contributed by atoms with E-state index in [4.69, 9.17) is 9.57 Å². The van der Waals surface area contributed by atoms with E-state index < -0.39 is 47.4 Å². The monoisotopic (exact) mass is 612 g/mol. The van der Waals surface area contributed by atoms with E-state index >= 15 is 0 Å². The molecular formula is C33H44N2O9. The van der Waals surface area contributed by atoms with Crippen LogP contribution in [0.3, 0.4) is 0 Å². The lowest BCUT2D eigenvalue weighted by atomic mass is 9.45. The number of amides is 1. The van der Waals surface area contributed by atoms with E-state index in [1.165, 1.54) is 24.8 Å². The van der Waals surface area contributed by atoms with Gasteiger partial charge >= 0.3 is 5.97 Å². The first-order valence-electron chi connectivity index (χ1n) is 15.5. The molecule has 44 heavy (non-hydrogen) atoms. The van der Waals surface area contributed by atoms with Crippen LogP contribution in [0.25, 0.3) is 0 Å². The van der Waals surface area contributed by atoms with Gasteiger partial charge in [-0.3, -0.25) is 9.59 Å². The summed E-state index contributed by atoms with van der Waals surface area (Å²) < 4.78 is 4.83. The van der Waals surface area contributed by atoms with Crippen molar-refractivity contribution in [3.8, 4) is 5.75 Å². The first-order valence-corrected chi connectivity index (χ1v) is 15.5. The number of allylic oxidation sites excluding steroid dienone is 2. The average Bonchev–Trinajstić information content (AvgIpc) is 3.27. The number of benzene rings is 1. The molecule has 4 aliphatic rings. The number of oxime groups is 1. The molecule has 0 radical (unpaired) electrons. The van der Waals surface area contributed by atoms with Crippen LogP contribution in [-0.2, 0) is 30.4 Å². The van der Waals surface area contributed by atoms with Crippen molar-refractivity contribution in [1.82, 2.24) is 5.32 Å². The number of aromatic hydroxyl groups is 1. The SMILES string of the molecule is COC(=O)[C@H](Cc1ccc(O)cc1)NC(=O)CO/N=C1/C=C2CC[C@H]3[C@@H]([C@H](O)C[C@@]4(C)[C@H]3CC[C@]4(O)C(=O)CO)[C@@]2(C)CC1. The van der Waals surface area contributed by atoms with Crippen LogP contribution < -0.4 is 5.32 Å². The van der Waals surface area contributed by atoms with E-state index in [0.717, 1.165) is 24.8 Å². The van der Waals surface area contributed by atoms with Gasteiger partial charge in [0.15, 0.2) is 12.4 Å². The summed E-state index contributed by atoms with van der Waals surface area (Å²) in [6.07, 6.45) is 5.75. The van der Waals surface area contributed by atoms with Crippen molar-refractivity contribution >= 4 is 23.4 Å². The number of carbonyl (C=O) groups excluding carboxylic acids is 3. The Labute approximate surface area is 257 Å². The molecule has 11 nitrogen and oxygen atoms in total. The summed E-state index contributed by atoms with van der Waals surface area (Å²) in [5.41, 5.74) is -0.0499. The van der Waals surface area contributed by atoms with E-state index in [1.54, 1.807) is 12.1 Å². The van der Waals surface area contributed by atoms with Gasteiger partial charge in [0.1, 0.15) is 24.0 Å². The number of phenolic OH excluding ortho intramolecular Hbond substituents is 1. The average molecular weight is 613 g/mol. The van der Waals surface area contributed by atoms with Crippen molar-refractivity contribution in [3.63, 3.8) is 0 Å². The maximum Gasteiger partial charge on any atom is 0.328 e. The summed E-state index contributed by atoms with van der Waals surface area (Å²) in [5, 5.41) is 48.9. The predicted octanol–water partition coefficient (Wildman–Crippen LogP) is 2.19. The van der Waals surface area contributed by atoms with Gasteiger partial charge in [0, 0.05) is 11.8 Å². The van der Waals surface area contributed by atoms with Crippen LogP contribution in [0.15, 0.2) is 41.1 Å². The van der Waals surface area contributed by atoms with E-state index in [-0.39, 0.29) is 41.9 Å². The summed E-state index contributed by atoms with van der Waals surface area (Å²) in [4.78, 5) is 42.9. The molecule has 3 fully saturated rings. The Morgan fingerprint density at radius 1 is 1.11 bits per heavy atom. The summed E-state index contributed by atoms with van der Waals surface area (Å²) in [5.74, 6) is -1.38. The van der Waals surface area contributed by atoms with E-state index in [0.29, 0.717) is 31.4 Å². The summed E-state index contributed by atoms with van der Waals surface area (Å²) in [7, 11) is 1.25. The third-order valence-corrected chi connectivity index (χ3v) is 11.2. The number of esters is 1. The third kappa shape index (κ3) is 5.54. The van der Waals surface area contributed by atoms with Crippen molar-refractivity contribution < 1.29 is 44.4 Å². The smallest absolute Gasteiger partial charge is 0.328 e. The first-order chi connectivity index (χ1) is 20.9. The zero-order valence-electron chi connectivity index (χ0n) is 25.6. The number of ketones is 1. The second-order valence-electron chi connectivity index (χ2n) is 13.5. The fourth-order valence-electron chi connectivity index (χ4n) is 8.98. The van der Waals surface area contributed by atoms with Crippen molar-refractivity contribution in [2.75, 3.05) is 20.3 Å². The standard InChI is InChI=1S/C33H44N2O9/c1-31-12-10-21(35-44-18-28(40)34-25(30(41)43-3)14-19-4-7-22(37)8-5-19)15-20(31)6-9-23-24-11-13-33(42,27(39)17-36)32(24,2)16-26(38)29(23)31/h4-5,7-8,15,23-26,29,36-38,42H,6,9-14,16-18H2,1-3H3,(H,34,40)/b35-21+/t23-,24+,25+,26-,29+,31+,32+,33+/m1/s1. The van der Waals surface area contributed by atoms with Gasteiger partial charge in [-0.2, -0.15) is 0 Å². The normalized spacial score (nSPS) is 35.9. The second-order valence-corrected chi connectivity index (χ2v) is 13.5. The third-order valence-electron chi connectivity index (χ3n) is 11.2. The number of hydrogen-bond acceptors (Lipinski definition) is 10. The molecule has 8 atom stereocenters. The quantitative estimate of drug-likeness (QED) is 0.207. The zero-order valence-corrected chi connectivity index (χ0v) is 25.6. The Morgan fingerprint density at radius 2 is 1.84 bits per heavy atom. The molecule has 240 valence electrons. The minimum atomic E-state index is -1.62. The van der Waals surface area contributed by atoms with Crippen molar-refractivity contribution in [2.24, 2.45) is 33.7 Å². The number of aliphatic hydroxyl groups is 3. The lowest BCUT2D eigenvalue weighted by molar-refractivity contribution is -0.181. The first kappa shape index (κ1) is 32.1. The minimum absolute atomic E-state index is 0.0239. The van der Waals surface area contributed by atoms with Gasteiger partial charge in [-0.25, -0.2) is 4.79 Å². The Balaban J connectivity index is 1.23. The van der Waals surface area contributed by atoms with Crippen LogP contribution in [-0.4, -0.2) is 81.9 Å². The van der Waals surface area contributed by atoms with E-state index in [9.17, 15) is 34.8 Å². The number of phenols is 1. The van der Waals surface area contributed by atoms with Crippen molar-refractivity contribution in [3.05, 3.63) is 41.5 Å². The molecule has 0 aromatic heterocycles. The van der Waals surface area contributed by atoms with E-state index in [1.807, 2.05) is 13.0 Å². The maximum absolute atomic E-state index is 12.6. The predicted molar refractivity (Wildman–Crippen MR) is 159 cm³/mol. The molecule has 1 aromatic rings. The number of aliphatic hydroxyl groups excluding tert-OH is 2. The Kier molecular flexibility index (Phi) is 8.94. The van der Waals surface area contributed by atoms with Crippen molar-refractivity contribution in [1.29, 1.82) is 0 Å². The maximum atomic E-state index is 12.6. The lowest BCUT2D eigenvalue weighted by Gasteiger charge is -2.60. The highest BCUT2D eigenvalue weighted by Gasteiger charge is 2.68. The molecule has 0 spiro atoms. The molecule has 0 unspecified atom stereocenters. The van der Waals surface area contributed by atoms with Crippen LogP contribution in [0, 0.1) is 28.6 Å². The molecule has 0 bridgehead atoms. The van der Waals surface area contributed by atoms with Gasteiger partial charge in [-0.1, -0.05) is 36.7 Å². The number of methoxy groups -OCH3 is 1. The fraction of sp³-hybridized carbons (Fsp3) is 0.636. The topological polar surface area (TPSA) is 175 Å². The molecule has 5 rings (SSSR count). The second kappa shape index (κ2) is 12.3. The Hall–Kier alpha value is -3.28. The van der Waals surface area contributed by atoms with Gasteiger partial charge < -0.3 is 35.3 Å². The summed E-state index contributed by atoms with van der Waals surface area (Å²) in [6, 6.07) is 5.40. The van der Waals surface area contributed by atoms with Gasteiger partial charge in [0.2, 0.25) is 0 Å². The van der Waals surface area contributed by atoms with Gasteiger partial charge in [-0.05, 0) is 91.9 Å². The number of fused-ring (bicyclic) bond motifs is 5. The number of nitrogens with zero attached hydrogens (tertiary/aromatic N) is 1. The van der Waals surface area contributed by atoms with Gasteiger partial charge in [0.05, 0.1) is 18.9 Å². The number of carbonyl (C=O) groups is 3. The van der Waals surface area contributed by atoms with E-state index in [2.05, 4.69) is 17.4 Å². The molecule has 0 heterocycles. The summed E-state index contributed by atoms with van der Waals surface area (Å²) >= 11 is 0. The number of nitrogens with one attached hydrogen (secondary N) is 1. The molecule has 0 saturated heterocycles. The highest BCUT2D eigenvalue weighted by Crippen LogP contribution is 2.67. The highest BCUT2D eigenvalue weighted by atomic mass is 16.6. The summed E-state index contributed by atoms with van der Waals surface area (Å²) in [6.45, 7) is 3.01. The number of hydrogen-bond donors (Lipinski definition) is 5. The molecule has 0 aliphatic heterocycles. The Bertz CT molecular complexity index is 1340. The van der Waals surface area contributed by atoms with Crippen LogP contribution in [0.1, 0.15) is 64.4 Å². The number of ether oxygens (including phenoxy) is 1.